The number of fused-ring (bicyclic) bond motifs is 1. The number of hydrogen-bond donors (Lipinski definition) is 0. The van der Waals surface area contributed by atoms with Gasteiger partial charge in [0.1, 0.15) is 11.4 Å². The van der Waals surface area contributed by atoms with Gasteiger partial charge in [0.2, 0.25) is 0 Å². The van der Waals surface area contributed by atoms with Crippen molar-refractivity contribution in [1.82, 2.24) is 4.90 Å². The molecule has 6 nitrogen and oxygen atoms in total. The van der Waals surface area contributed by atoms with Gasteiger partial charge in [0.15, 0.2) is 23.9 Å². The van der Waals surface area contributed by atoms with E-state index in [0.717, 1.165) is 0 Å². The topological polar surface area (TPSA) is 65.1 Å². The fourth-order valence-corrected chi connectivity index (χ4v) is 4.56. The van der Waals surface area contributed by atoms with Crippen molar-refractivity contribution < 1.29 is 23.8 Å². The van der Waals surface area contributed by atoms with Crippen LogP contribution in [-0.4, -0.2) is 48.5 Å². The van der Waals surface area contributed by atoms with Gasteiger partial charge in [0.05, 0.1) is 23.6 Å². The quantitative estimate of drug-likeness (QED) is 0.636. The number of carbonyl (C=O) groups is 2. The number of para-hydroxylation sites is 2. The van der Waals surface area contributed by atoms with E-state index in [9.17, 15) is 9.59 Å². The molecule has 1 saturated heterocycles. The lowest BCUT2D eigenvalue weighted by Crippen LogP contribution is -2.53. The first kappa shape index (κ1) is 21.8. The van der Waals surface area contributed by atoms with E-state index in [1.807, 2.05) is 25.1 Å². The maximum Gasteiger partial charge on any atom is 0.260 e. The number of carbonyl (C=O) groups excluding carboxylic acids is 2. The van der Waals surface area contributed by atoms with Gasteiger partial charge in [0.25, 0.3) is 5.91 Å². The molecule has 0 N–H and O–H groups in total. The molecule has 4 rings (SSSR count). The Morgan fingerprint density at radius 1 is 1.13 bits per heavy atom. The Morgan fingerprint density at radius 2 is 1.81 bits per heavy atom. The molecule has 31 heavy (non-hydrogen) atoms. The molecule has 2 aliphatic rings. The van der Waals surface area contributed by atoms with Crippen LogP contribution in [0.2, 0.25) is 10.0 Å². The SMILES string of the molecule is CCOc1ccccc1OCC(=O)N1CCC2(CC1)CC(=O)c1cc(Cl)cc(Cl)c1O2. The summed E-state index contributed by atoms with van der Waals surface area (Å²) in [6, 6.07) is 10.4. The summed E-state index contributed by atoms with van der Waals surface area (Å²) in [5.74, 6) is 1.38. The smallest absolute Gasteiger partial charge is 0.260 e. The number of amides is 1. The average molecular weight is 464 g/mol. The molecule has 2 aliphatic heterocycles. The minimum Gasteiger partial charge on any atom is -0.490 e. The molecule has 1 fully saturated rings. The monoisotopic (exact) mass is 463 g/mol. The zero-order valence-corrected chi connectivity index (χ0v) is 18.7. The number of ether oxygens (including phenoxy) is 3. The lowest BCUT2D eigenvalue weighted by Gasteiger charge is -2.44. The predicted octanol–water partition coefficient (Wildman–Crippen LogP) is 4.80. The van der Waals surface area contributed by atoms with E-state index in [4.69, 9.17) is 37.4 Å². The fraction of sp³-hybridized carbons (Fsp3) is 0.391. The van der Waals surface area contributed by atoms with Crippen LogP contribution in [0.1, 0.15) is 36.5 Å². The molecule has 0 radical (unpaired) electrons. The molecule has 1 spiro atoms. The third kappa shape index (κ3) is 4.60. The molecule has 0 aliphatic carbocycles. The van der Waals surface area contributed by atoms with Gasteiger partial charge in [-0.05, 0) is 31.2 Å². The van der Waals surface area contributed by atoms with E-state index >= 15 is 0 Å². The highest BCUT2D eigenvalue weighted by atomic mass is 35.5. The molecule has 0 atom stereocenters. The summed E-state index contributed by atoms with van der Waals surface area (Å²) in [5.41, 5.74) is -0.233. The Balaban J connectivity index is 1.38. The minimum atomic E-state index is -0.652. The first-order valence-corrected chi connectivity index (χ1v) is 11.0. The van der Waals surface area contributed by atoms with Crippen LogP contribution in [0, 0.1) is 0 Å². The average Bonchev–Trinajstić information content (AvgIpc) is 2.75. The predicted molar refractivity (Wildman–Crippen MR) is 118 cm³/mol. The summed E-state index contributed by atoms with van der Waals surface area (Å²) in [6.07, 6.45) is 1.33. The van der Waals surface area contributed by atoms with Gasteiger partial charge < -0.3 is 19.1 Å². The zero-order valence-electron chi connectivity index (χ0n) is 17.2. The number of likely N-dealkylation sites (tertiary alicyclic amines) is 1. The van der Waals surface area contributed by atoms with Crippen molar-refractivity contribution in [2.75, 3.05) is 26.3 Å². The molecule has 164 valence electrons. The number of nitrogens with zero attached hydrogens (tertiary/aromatic N) is 1. The zero-order chi connectivity index (χ0) is 22.0. The summed E-state index contributed by atoms with van der Waals surface area (Å²) >= 11 is 12.3. The van der Waals surface area contributed by atoms with Crippen molar-refractivity contribution in [1.29, 1.82) is 0 Å². The highest BCUT2D eigenvalue weighted by molar-refractivity contribution is 6.36. The number of ketones is 1. The van der Waals surface area contributed by atoms with E-state index in [0.29, 0.717) is 65.4 Å². The molecule has 2 aromatic carbocycles. The molecule has 0 unspecified atom stereocenters. The van der Waals surface area contributed by atoms with E-state index < -0.39 is 5.60 Å². The van der Waals surface area contributed by atoms with Crippen LogP contribution in [0.3, 0.4) is 0 Å². The molecule has 0 saturated carbocycles. The highest BCUT2D eigenvalue weighted by Crippen LogP contribution is 2.44. The van der Waals surface area contributed by atoms with Crippen LogP contribution >= 0.6 is 23.2 Å². The third-order valence-corrected chi connectivity index (χ3v) is 6.14. The van der Waals surface area contributed by atoms with Gasteiger partial charge in [-0.2, -0.15) is 0 Å². The molecule has 8 heteroatoms. The maximum absolute atomic E-state index is 12.7. The summed E-state index contributed by atoms with van der Waals surface area (Å²) in [6.45, 7) is 3.28. The highest BCUT2D eigenvalue weighted by Gasteiger charge is 2.44. The molecule has 2 aromatic rings. The largest absolute Gasteiger partial charge is 0.490 e. The third-order valence-electron chi connectivity index (χ3n) is 5.64. The minimum absolute atomic E-state index is 0.0405. The number of benzene rings is 2. The normalized spacial score (nSPS) is 17.1. The van der Waals surface area contributed by atoms with Gasteiger partial charge in [-0.25, -0.2) is 0 Å². The Labute approximate surface area is 191 Å². The van der Waals surface area contributed by atoms with E-state index in [1.54, 1.807) is 23.1 Å². The van der Waals surface area contributed by atoms with Crippen LogP contribution in [0.15, 0.2) is 36.4 Å². The van der Waals surface area contributed by atoms with Crippen molar-refractivity contribution in [3.63, 3.8) is 0 Å². The van der Waals surface area contributed by atoms with Gasteiger partial charge in [-0.1, -0.05) is 35.3 Å². The molecular formula is C23H23Cl2NO5. The summed E-state index contributed by atoms with van der Waals surface area (Å²) in [7, 11) is 0. The lowest BCUT2D eigenvalue weighted by atomic mass is 9.82. The molecule has 1 amide bonds. The summed E-state index contributed by atoms with van der Waals surface area (Å²) in [5, 5.41) is 0.734. The number of rotatable bonds is 5. The van der Waals surface area contributed by atoms with Gasteiger partial charge >= 0.3 is 0 Å². The van der Waals surface area contributed by atoms with Crippen LogP contribution < -0.4 is 14.2 Å². The first-order chi connectivity index (χ1) is 14.9. The number of Topliss-reactive ketones (excluding diaryl/α,β-unsaturated/α-hetero) is 1. The Morgan fingerprint density at radius 3 is 2.48 bits per heavy atom. The Hall–Kier alpha value is -2.44. The first-order valence-electron chi connectivity index (χ1n) is 10.2. The number of halogens is 2. The van der Waals surface area contributed by atoms with Crippen molar-refractivity contribution in [2.24, 2.45) is 0 Å². The fourth-order valence-electron chi connectivity index (χ4n) is 4.03. The number of hydrogen-bond acceptors (Lipinski definition) is 5. The van der Waals surface area contributed by atoms with Crippen LogP contribution in [0.25, 0.3) is 0 Å². The van der Waals surface area contributed by atoms with Gasteiger partial charge in [-0.15, -0.1) is 0 Å². The standard InChI is InChI=1S/C23H23Cl2NO5/c1-2-29-19-5-3-4-6-20(19)30-14-21(28)26-9-7-23(8-10-26)13-18(27)16-11-15(24)12-17(25)22(16)31-23/h3-6,11-12H,2,7-10,13-14H2,1H3. The van der Waals surface area contributed by atoms with Crippen LogP contribution in [0.5, 0.6) is 17.2 Å². The van der Waals surface area contributed by atoms with Crippen molar-refractivity contribution in [3.8, 4) is 17.2 Å². The molecular weight excluding hydrogens is 441 g/mol. The summed E-state index contributed by atoms with van der Waals surface area (Å²) in [4.78, 5) is 27.1. The van der Waals surface area contributed by atoms with E-state index in [1.165, 1.54) is 0 Å². The van der Waals surface area contributed by atoms with Gasteiger partial charge in [0, 0.05) is 31.0 Å². The lowest BCUT2D eigenvalue weighted by molar-refractivity contribution is -0.136. The Bertz CT molecular complexity index is 1000. The molecule has 0 bridgehead atoms. The van der Waals surface area contributed by atoms with E-state index in [2.05, 4.69) is 0 Å². The second kappa shape index (κ2) is 8.97. The number of piperidine rings is 1. The second-order valence-electron chi connectivity index (χ2n) is 7.70. The van der Waals surface area contributed by atoms with Crippen molar-refractivity contribution in [3.05, 3.63) is 52.0 Å². The van der Waals surface area contributed by atoms with Crippen molar-refractivity contribution >= 4 is 34.9 Å². The maximum atomic E-state index is 12.7. The second-order valence-corrected chi connectivity index (χ2v) is 8.54. The summed E-state index contributed by atoms with van der Waals surface area (Å²) < 4.78 is 17.4. The van der Waals surface area contributed by atoms with Gasteiger partial charge in [-0.3, -0.25) is 9.59 Å². The molecule has 0 aromatic heterocycles. The van der Waals surface area contributed by atoms with Crippen LogP contribution in [0.4, 0.5) is 0 Å². The Kier molecular flexibility index (Phi) is 6.30. The van der Waals surface area contributed by atoms with E-state index in [-0.39, 0.29) is 24.7 Å². The molecule has 2 heterocycles. The van der Waals surface area contributed by atoms with Crippen LogP contribution in [-0.2, 0) is 4.79 Å². The van der Waals surface area contributed by atoms with Crippen molar-refractivity contribution in [2.45, 2.75) is 31.8 Å².